The van der Waals surface area contributed by atoms with E-state index in [4.69, 9.17) is 5.11 Å². The zero-order valence-corrected chi connectivity index (χ0v) is 7.56. The van der Waals surface area contributed by atoms with Crippen LogP contribution in [0.4, 0.5) is 4.79 Å². The molecule has 14 heavy (non-hydrogen) atoms. The fourth-order valence-electron chi connectivity index (χ4n) is 1.31. The van der Waals surface area contributed by atoms with Crippen LogP contribution in [0.2, 0.25) is 0 Å². The van der Waals surface area contributed by atoms with Crippen LogP contribution in [0, 0.1) is 6.92 Å². The molecule has 0 aliphatic rings. The van der Waals surface area contributed by atoms with Crippen molar-refractivity contribution in [3.63, 3.8) is 0 Å². The van der Waals surface area contributed by atoms with Gasteiger partial charge in [-0.25, -0.2) is 19.9 Å². The lowest BCUT2D eigenvalue weighted by atomic mass is 10.2. The van der Waals surface area contributed by atoms with Crippen molar-refractivity contribution in [2.75, 3.05) is 5.43 Å². The van der Waals surface area contributed by atoms with Crippen LogP contribution in [0.1, 0.15) is 5.56 Å². The number of nitrogens with zero attached hydrogens (tertiary/aromatic N) is 2. The second-order valence-electron chi connectivity index (χ2n) is 3.02. The highest BCUT2D eigenvalue weighted by molar-refractivity contribution is 5.80. The smallest absolute Gasteiger partial charge is 0.424 e. The molecule has 1 aromatic carbocycles. The quantitative estimate of drug-likeness (QED) is 0.718. The number of benzene rings is 1. The number of fused-ring (bicyclic) bond motifs is 1. The Kier molecular flexibility index (Phi) is 1.85. The van der Waals surface area contributed by atoms with Gasteiger partial charge in [0.2, 0.25) is 0 Å². The number of aryl methyl sites for hydroxylation is 1. The Hall–Kier alpha value is -2.04. The SMILES string of the molecule is Cc1ccc2c(c1)ncn2NC(=O)O. The molecular weight excluding hydrogens is 182 g/mol. The topological polar surface area (TPSA) is 67.2 Å². The number of hydrogen-bond acceptors (Lipinski definition) is 2. The van der Waals surface area contributed by atoms with Crippen molar-refractivity contribution in [3.05, 3.63) is 30.1 Å². The third-order valence-electron chi connectivity index (χ3n) is 1.92. The van der Waals surface area contributed by atoms with Gasteiger partial charge in [-0.1, -0.05) is 6.07 Å². The van der Waals surface area contributed by atoms with Gasteiger partial charge in [-0.3, -0.25) is 0 Å². The van der Waals surface area contributed by atoms with Gasteiger partial charge in [-0.2, -0.15) is 0 Å². The molecule has 0 radical (unpaired) electrons. The largest absolute Gasteiger partial charge is 0.464 e. The summed E-state index contributed by atoms with van der Waals surface area (Å²) < 4.78 is 1.37. The van der Waals surface area contributed by atoms with Crippen molar-refractivity contribution < 1.29 is 9.90 Å². The van der Waals surface area contributed by atoms with E-state index >= 15 is 0 Å². The van der Waals surface area contributed by atoms with E-state index in [0.717, 1.165) is 16.6 Å². The van der Waals surface area contributed by atoms with Crippen LogP contribution < -0.4 is 5.43 Å². The first kappa shape index (κ1) is 8.55. The Morgan fingerprint density at radius 2 is 2.36 bits per heavy atom. The van der Waals surface area contributed by atoms with E-state index in [1.807, 2.05) is 25.1 Å². The molecule has 0 aliphatic heterocycles. The summed E-state index contributed by atoms with van der Waals surface area (Å²) in [5, 5.41) is 8.54. The van der Waals surface area contributed by atoms with Gasteiger partial charge in [0.15, 0.2) is 0 Å². The summed E-state index contributed by atoms with van der Waals surface area (Å²) in [4.78, 5) is 14.5. The van der Waals surface area contributed by atoms with E-state index in [9.17, 15) is 4.79 Å². The number of rotatable bonds is 1. The standard InChI is InChI=1S/C9H9N3O2/c1-6-2-3-8-7(4-6)10-5-12(8)11-9(13)14/h2-5,11H,1H3,(H,13,14). The molecule has 0 atom stereocenters. The van der Waals surface area contributed by atoms with Gasteiger partial charge in [-0.15, -0.1) is 0 Å². The Labute approximate surface area is 80.0 Å². The molecule has 0 aliphatic carbocycles. The average molecular weight is 191 g/mol. The summed E-state index contributed by atoms with van der Waals surface area (Å²) in [6, 6.07) is 5.63. The highest BCUT2D eigenvalue weighted by Crippen LogP contribution is 2.12. The van der Waals surface area contributed by atoms with Crippen LogP contribution >= 0.6 is 0 Å². The van der Waals surface area contributed by atoms with Crippen LogP contribution in [0.15, 0.2) is 24.5 Å². The molecule has 72 valence electrons. The summed E-state index contributed by atoms with van der Waals surface area (Å²) in [5.74, 6) is 0. The number of amides is 1. The van der Waals surface area contributed by atoms with Crippen molar-refractivity contribution in [1.82, 2.24) is 9.66 Å². The second kappa shape index (κ2) is 3.02. The number of carbonyl (C=O) groups is 1. The molecule has 0 bridgehead atoms. The molecule has 0 saturated heterocycles. The van der Waals surface area contributed by atoms with E-state index in [0.29, 0.717) is 0 Å². The Balaban J connectivity index is 2.52. The van der Waals surface area contributed by atoms with Crippen LogP contribution in [0.5, 0.6) is 0 Å². The lowest BCUT2D eigenvalue weighted by Crippen LogP contribution is -2.19. The molecule has 1 amide bonds. The summed E-state index contributed by atoms with van der Waals surface area (Å²) in [5.41, 5.74) is 4.84. The molecule has 0 spiro atoms. The van der Waals surface area contributed by atoms with E-state index < -0.39 is 6.09 Å². The maximum atomic E-state index is 10.4. The zero-order chi connectivity index (χ0) is 10.1. The molecule has 2 rings (SSSR count). The first-order valence-corrected chi connectivity index (χ1v) is 4.10. The zero-order valence-electron chi connectivity index (χ0n) is 7.56. The molecule has 0 unspecified atom stereocenters. The van der Waals surface area contributed by atoms with Crippen molar-refractivity contribution in [1.29, 1.82) is 0 Å². The number of carboxylic acid groups (broad SMARTS) is 1. The van der Waals surface area contributed by atoms with Gasteiger partial charge in [0.25, 0.3) is 0 Å². The van der Waals surface area contributed by atoms with Gasteiger partial charge in [0.05, 0.1) is 11.0 Å². The first-order valence-electron chi connectivity index (χ1n) is 4.10. The lowest BCUT2D eigenvalue weighted by Gasteiger charge is -2.01. The summed E-state index contributed by atoms with van der Waals surface area (Å²) >= 11 is 0. The summed E-state index contributed by atoms with van der Waals surface area (Å²) in [6.07, 6.45) is 0.336. The first-order chi connectivity index (χ1) is 6.66. The van der Waals surface area contributed by atoms with Crippen molar-refractivity contribution in [2.45, 2.75) is 6.92 Å². The summed E-state index contributed by atoms with van der Waals surface area (Å²) in [7, 11) is 0. The maximum absolute atomic E-state index is 10.4. The van der Waals surface area contributed by atoms with Crippen molar-refractivity contribution in [3.8, 4) is 0 Å². The van der Waals surface area contributed by atoms with Crippen LogP contribution in [-0.4, -0.2) is 20.9 Å². The van der Waals surface area contributed by atoms with Gasteiger partial charge in [-0.05, 0) is 24.6 Å². The van der Waals surface area contributed by atoms with E-state index in [1.165, 1.54) is 11.0 Å². The Bertz CT molecular complexity index is 490. The monoisotopic (exact) mass is 191 g/mol. The van der Waals surface area contributed by atoms with Gasteiger partial charge in [0, 0.05) is 0 Å². The van der Waals surface area contributed by atoms with Gasteiger partial charge >= 0.3 is 6.09 Å². The molecular formula is C9H9N3O2. The molecule has 1 heterocycles. The minimum atomic E-state index is -1.11. The molecule has 2 aromatic rings. The molecule has 5 heteroatoms. The second-order valence-corrected chi connectivity index (χ2v) is 3.02. The number of hydrogen-bond donors (Lipinski definition) is 2. The Morgan fingerprint density at radius 3 is 3.07 bits per heavy atom. The molecule has 0 fully saturated rings. The normalized spacial score (nSPS) is 10.4. The highest BCUT2D eigenvalue weighted by atomic mass is 16.4. The molecule has 2 N–H and O–H groups in total. The number of imidazole rings is 1. The van der Waals surface area contributed by atoms with Gasteiger partial charge < -0.3 is 5.11 Å². The predicted octanol–water partition coefficient (Wildman–Crippen LogP) is 1.57. The summed E-state index contributed by atoms with van der Waals surface area (Å²) in [6.45, 7) is 1.96. The fraction of sp³-hybridized carbons (Fsp3) is 0.111. The third kappa shape index (κ3) is 1.39. The van der Waals surface area contributed by atoms with E-state index in [1.54, 1.807) is 0 Å². The Morgan fingerprint density at radius 1 is 1.57 bits per heavy atom. The number of nitrogens with one attached hydrogen (secondary N) is 1. The van der Waals surface area contributed by atoms with Gasteiger partial charge in [0.1, 0.15) is 6.33 Å². The molecule has 5 nitrogen and oxygen atoms in total. The minimum Gasteiger partial charge on any atom is -0.464 e. The minimum absolute atomic E-state index is 0.748. The fourth-order valence-corrected chi connectivity index (χ4v) is 1.31. The molecule has 1 aromatic heterocycles. The van der Waals surface area contributed by atoms with Crippen molar-refractivity contribution >= 4 is 17.1 Å². The lowest BCUT2D eigenvalue weighted by molar-refractivity contribution is 0.206. The van der Waals surface area contributed by atoms with Crippen LogP contribution in [0.25, 0.3) is 11.0 Å². The van der Waals surface area contributed by atoms with Crippen molar-refractivity contribution in [2.24, 2.45) is 0 Å². The number of aromatic nitrogens is 2. The van der Waals surface area contributed by atoms with Crippen LogP contribution in [-0.2, 0) is 0 Å². The third-order valence-corrected chi connectivity index (χ3v) is 1.92. The van der Waals surface area contributed by atoms with E-state index in [-0.39, 0.29) is 0 Å². The average Bonchev–Trinajstić information content (AvgIpc) is 2.47. The van der Waals surface area contributed by atoms with E-state index in [2.05, 4.69) is 10.4 Å². The highest BCUT2D eigenvalue weighted by Gasteiger charge is 2.03. The maximum Gasteiger partial charge on any atom is 0.424 e. The van der Waals surface area contributed by atoms with Crippen LogP contribution in [0.3, 0.4) is 0 Å². The predicted molar refractivity (Wildman–Crippen MR) is 51.9 cm³/mol. The molecule has 0 saturated carbocycles.